The van der Waals surface area contributed by atoms with Crippen LogP contribution in [0.25, 0.3) is 0 Å². The monoisotopic (exact) mass is 793 g/mol. The van der Waals surface area contributed by atoms with E-state index >= 15 is 0 Å². The van der Waals surface area contributed by atoms with Crippen molar-refractivity contribution in [1.82, 2.24) is 10.2 Å². The molecule has 0 spiro atoms. The second-order valence-corrected chi connectivity index (χ2v) is 17.7. The van der Waals surface area contributed by atoms with Crippen molar-refractivity contribution in [2.75, 3.05) is 33.2 Å². The van der Waals surface area contributed by atoms with Crippen LogP contribution in [0.2, 0.25) is 5.02 Å². The molecule has 1 aromatic carbocycles. The van der Waals surface area contributed by atoms with Gasteiger partial charge in [-0.2, -0.15) is 12.6 Å². The Morgan fingerprint density at radius 3 is 2.50 bits per heavy atom. The Hall–Kier alpha value is -3.30. The van der Waals surface area contributed by atoms with Gasteiger partial charge in [0, 0.05) is 44.2 Å². The van der Waals surface area contributed by atoms with Gasteiger partial charge in [0.1, 0.15) is 40.7 Å². The molecule has 1 unspecified atom stereocenters. The normalized spacial score (nSPS) is 30.8. The summed E-state index contributed by atoms with van der Waals surface area (Å²) in [6.45, 7) is 12.7. The summed E-state index contributed by atoms with van der Waals surface area (Å²) in [5.41, 5.74) is -1.97. The summed E-state index contributed by atoms with van der Waals surface area (Å²) in [7, 11) is 6.03. The number of allylic oxidation sites excluding steroid dienone is 3. The third-order valence-electron chi connectivity index (χ3n) is 10.8. The van der Waals surface area contributed by atoms with Crippen LogP contribution in [0.4, 0.5) is 10.5 Å². The topological polar surface area (TPSA) is 156 Å². The maximum atomic E-state index is 14.2. The van der Waals surface area contributed by atoms with Crippen molar-refractivity contribution in [3.63, 3.8) is 0 Å². The van der Waals surface area contributed by atoms with E-state index in [1.807, 2.05) is 40.7 Å². The van der Waals surface area contributed by atoms with Crippen LogP contribution in [0.5, 0.6) is 5.75 Å². The summed E-state index contributed by atoms with van der Waals surface area (Å²) in [5, 5.41) is 14.6. The van der Waals surface area contributed by atoms with E-state index in [0.29, 0.717) is 24.3 Å². The highest BCUT2D eigenvalue weighted by atomic mass is 35.5. The molecule has 0 aliphatic carbocycles. The molecular formula is C39H56ClN3O10S. The number of amides is 3. The molecule has 2 saturated heterocycles. The lowest BCUT2D eigenvalue weighted by Gasteiger charge is -2.45. The maximum absolute atomic E-state index is 14.2. The van der Waals surface area contributed by atoms with Gasteiger partial charge in [0.2, 0.25) is 11.8 Å². The third kappa shape index (κ3) is 9.55. The van der Waals surface area contributed by atoms with Gasteiger partial charge < -0.3 is 38.6 Å². The summed E-state index contributed by atoms with van der Waals surface area (Å²) < 4.78 is 29.1. The molecule has 54 heavy (non-hydrogen) atoms. The van der Waals surface area contributed by atoms with Crippen LogP contribution in [0.15, 0.2) is 35.9 Å². The van der Waals surface area contributed by atoms with Crippen molar-refractivity contribution < 1.29 is 48.0 Å². The maximum Gasteiger partial charge on any atom is 0.409 e. The van der Waals surface area contributed by atoms with Gasteiger partial charge in [0.05, 0.1) is 25.3 Å². The summed E-state index contributed by atoms with van der Waals surface area (Å²) in [6.07, 6.45) is 1.42. The molecule has 0 radical (unpaired) electrons. The zero-order valence-electron chi connectivity index (χ0n) is 33.2. The van der Waals surface area contributed by atoms with E-state index in [-0.39, 0.29) is 34.9 Å². The largest absolute Gasteiger partial charge is 0.495 e. The van der Waals surface area contributed by atoms with E-state index in [1.54, 1.807) is 45.2 Å². The number of anilines is 1. The Bertz CT molecular complexity index is 1680. The molecule has 1 aromatic rings. The number of nitrogens with one attached hydrogen (secondary N) is 1. The quantitative estimate of drug-likeness (QED) is 0.177. The number of ether oxygens (including phenoxy) is 5. The van der Waals surface area contributed by atoms with E-state index in [0.717, 1.165) is 11.1 Å². The number of esters is 1. The van der Waals surface area contributed by atoms with Crippen LogP contribution in [-0.2, 0) is 39.8 Å². The van der Waals surface area contributed by atoms with Crippen molar-refractivity contribution >= 4 is 53.8 Å². The summed E-state index contributed by atoms with van der Waals surface area (Å²) in [4.78, 5) is 56.8. The van der Waals surface area contributed by atoms with Crippen molar-refractivity contribution in [1.29, 1.82) is 0 Å². The fraction of sp³-hybridized carbons (Fsp3) is 0.641. The van der Waals surface area contributed by atoms with E-state index in [2.05, 4.69) is 17.9 Å². The predicted molar refractivity (Wildman–Crippen MR) is 208 cm³/mol. The minimum absolute atomic E-state index is 0.0729. The lowest BCUT2D eigenvalue weighted by atomic mass is 9.73. The van der Waals surface area contributed by atoms with E-state index in [9.17, 15) is 24.3 Å². The zero-order chi connectivity index (χ0) is 40.6. The Morgan fingerprint density at radius 2 is 1.89 bits per heavy atom. The Kier molecular flexibility index (Phi) is 13.2. The molecule has 15 heteroatoms. The number of carbonyl (C=O) groups is 4. The fourth-order valence-electron chi connectivity index (χ4n) is 7.10. The van der Waals surface area contributed by atoms with Crippen LogP contribution in [0.1, 0.15) is 79.7 Å². The first-order chi connectivity index (χ1) is 25.0. The van der Waals surface area contributed by atoms with Gasteiger partial charge in [-0.3, -0.25) is 14.9 Å². The number of nitrogens with zero attached hydrogens (tertiary/aromatic N) is 2. The van der Waals surface area contributed by atoms with Gasteiger partial charge in [-0.05, 0) is 51.3 Å². The molecule has 2 N–H and O–H groups in total. The highest BCUT2D eigenvalue weighted by Crippen LogP contribution is 2.54. The molecular weight excluding hydrogens is 738 g/mol. The lowest BCUT2D eigenvalue weighted by molar-refractivity contribution is -0.162. The zero-order valence-corrected chi connectivity index (χ0v) is 34.8. The fourth-order valence-corrected chi connectivity index (χ4v) is 7.52. The van der Waals surface area contributed by atoms with Crippen LogP contribution >= 0.6 is 24.2 Å². The van der Waals surface area contributed by atoms with Gasteiger partial charge in [-0.25, -0.2) is 9.59 Å². The minimum Gasteiger partial charge on any atom is -0.495 e. The number of fused-ring (bicyclic) bond motifs is 5. The van der Waals surface area contributed by atoms with Crippen molar-refractivity contribution in [2.24, 2.45) is 5.41 Å². The van der Waals surface area contributed by atoms with E-state index in [4.69, 9.17) is 35.3 Å². The Morgan fingerprint density at radius 1 is 1.22 bits per heavy atom. The molecule has 2 fully saturated rings. The van der Waals surface area contributed by atoms with Gasteiger partial charge in [0.25, 0.3) is 0 Å². The number of hydrogen-bond acceptors (Lipinski definition) is 11. The minimum atomic E-state index is -1.85. The summed E-state index contributed by atoms with van der Waals surface area (Å²) in [6, 6.07) is 2.59. The number of benzene rings is 1. The van der Waals surface area contributed by atoms with E-state index < -0.39 is 65.2 Å². The standard InChI is InChI=1S/C39H56ClN3O10S/c1-22-13-12-14-27(50-11)39(48)21-29(52-35(47)41-39)37(5,6)34-38(7,53-34)28(51-33(46)23(2)42(8)30(44)15-16-36(3,4)54)20-31(45)43(9)25-18-24(17-22)19-26(49-10)32(25)40/h12-14,18-19,23,27-29,34,48,54H,15-17,20-21H2,1-11H3,(H,41,47)/b14-12+,22-13+/t23-,27+,28?,29-,34-,38-,39-/m0/s1. The number of halogens is 1. The lowest BCUT2D eigenvalue weighted by Crippen LogP contribution is -2.65. The molecule has 3 heterocycles. The molecule has 3 amide bonds. The SMILES string of the molecule is COc1cc2cc(c1Cl)N(C)C(=O)CC(OC(=O)[C@H](C)N(C)C(=O)CCC(C)(C)S)[C@]1(C)O[C@H]1C(C)(C)[C@@H]1C[C@@](O)(NC(=O)O1)[C@H](OC)/C=C/C=C(\C)C2. The first kappa shape index (κ1) is 43.4. The van der Waals surface area contributed by atoms with Gasteiger partial charge in [-0.1, -0.05) is 63.1 Å². The number of thiol groups is 1. The number of likely N-dealkylation sites (N-methyl/N-ethyl adjacent to an activating group) is 1. The first-order valence-electron chi connectivity index (χ1n) is 18.0. The van der Waals surface area contributed by atoms with Crippen molar-refractivity contribution in [2.45, 2.75) is 127 Å². The van der Waals surface area contributed by atoms with Crippen molar-refractivity contribution in [3.05, 3.63) is 46.5 Å². The Labute approximate surface area is 329 Å². The van der Waals surface area contributed by atoms with Crippen molar-refractivity contribution in [3.8, 4) is 5.75 Å². The first-order valence-corrected chi connectivity index (χ1v) is 18.9. The van der Waals surface area contributed by atoms with Gasteiger partial charge >= 0.3 is 12.1 Å². The smallest absolute Gasteiger partial charge is 0.409 e. The average molecular weight is 794 g/mol. The second-order valence-electron chi connectivity index (χ2n) is 16.1. The number of alkyl carbamates (subject to hydrolysis) is 1. The highest BCUT2D eigenvalue weighted by Gasteiger charge is 2.68. The number of epoxide rings is 1. The molecule has 4 bridgehead atoms. The molecule has 0 aromatic heterocycles. The van der Waals surface area contributed by atoms with Crippen LogP contribution in [0, 0.1) is 5.41 Å². The molecule has 13 nitrogen and oxygen atoms in total. The van der Waals surface area contributed by atoms with E-state index in [1.165, 1.54) is 31.1 Å². The highest BCUT2D eigenvalue weighted by molar-refractivity contribution is 7.81. The number of aliphatic hydroxyl groups is 1. The van der Waals surface area contributed by atoms with Gasteiger partial charge in [0.15, 0.2) is 5.72 Å². The predicted octanol–water partition coefficient (Wildman–Crippen LogP) is 5.39. The molecule has 4 rings (SSSR count). The van der Waals surface area contributed by atoms with Crippen LogP contribution < -0.4 is 15.0 Å². The molecule has 0 saturated carbocycles. The van der Waals surface area contributed by atoms with Crippen LogP contribution in [0.3, 0.4) is 0 Å². The molecule has 3 aliphatic heterocycles. The number of carbonyl (C=O) groups excluding carboxylic acids is 4. The number of hydrogen-bond donors (Lipinski definition) is 3. The number of rotatable bonds is 8. The summed E-state index contributed by atoms with van der Waals surface area (Å²) in [5.74, 6) is -1.06. The van der Waals surface area contributed by atoms with Crippen LogP contribution in [-0.4, -0.2) is 109 Å². The summed E-state index contributed by atoms with van der Waals surface area (Å²) >= 11 is 11.3. The molecule has 3 aliphatic rings. The average Bonchev–Trinajstić information content (AvgIpc) is 3.80. The molecule has 300 valence electrons. The molecule has 7 atom stereocenters. The third-order valence-corrected chi connectivity index (χ3v) is 11.4. The van der Waals surface area contributed by atoms with Gasteiger partial charge in [-0.15, -0.1) is 0 Å². The Balaban J connectivity index is 1.78. The number of methoxy groups -OCH3 is 2. The second kappa shape index (κ2) is 16.4.